The molecule has 4 saturated heterocycles. The molecule has 59 heavy (non-hydrogen) atoms. The Balaban J connectivity index is 1.38. The number of ketones is 1. The second kappa shape index (κ2) is 19.4. The van der Waals surface area contributed by atoms with E-state index in [2.05, 4.69) is 51.3 Å². The van der Waals surface area contributed by atoms with Crippen LogP contribution in [0.5, 0.6) is 0 Å². The topological polar surface area (TPSA) is 165 Å². The molecule has 4 fully saturated rings. The second-order valence-corrected chi connectivity index (χ2v) is 19.8. The highest BCUT2D eigenvalue weighted by molar-refractivity contribution is 7.80. The molecule has 13 heteroatoms. The van der Waals surface area contributed by atoms with E-state index >= 15 is 0 Å². The van der Waals surface area contributed by atoms with Crippen molar-refractivity contribution in [1.82, 2.24) is 10.6 Å². The van der Waals surface area contributed by atoms with Crippen molar-refractivity contribution in [3.63, 3.8) is 0 Å². The molecule has 338 valence electrons. The fourth-order valence-corrected chi connectivity index (χ4v) is 11.3. The fourth-order valence-electron chi connectivity index (χ4n) is 11.1. The number of aliphatic hydroxyl groups is 2. The number of rotatable bonds is 15. The van der Waals surface area contributed by atoms with E-state index in [4.69, 9.17) is 35.9 Å². The number of carboxylic acids is 1. The summed E-state index contributed by atoms with van der Waals surface area (Å²) in [6.45, 7) is 22.7. The predicted octanol–water partition coefficient (Wildman–Crippen LogP) is 7.07. The monoisotopic (exact) mass is 851 g/mol. The van der Waals surface area contributed by atoms with Gasteiger partial charge in [-0.25, -0.2) is 0 Å². The third-order valence-electron chi connectivity index (χ3n) is 15.3. The zero-order valence-electron chi connectivity index (χ0n) is 37.8. The summed E-state index contributed by atoms with van der Waals surface area (Å²) in [5.41, 5.74) is -1.59. The van der Waals surface area contributed by atoms with Gasteiger partial charge in [-0.3, -0.25) is 9.59 Å². The van der Waals surface area contributed by atoms with Crippen LogP contribution in [0, 0.1) is 41.4 Å². The van der Waals surface area contributed by atoms with Crippen molar-refractivity contribution in [2.24, 2.45) is 41.4 Å². The molecule has 1 unspecified atom stereocenters. The minimum atomic E-state index is -1.20. The van der Waals surface area contributed by atoms with E-state index in [0.29, 0.717) is 56.5 Å². The maximum atomic E-state index is 14.6. The summed E-state index contributed by atoms with van der Waals surface area (Å²) in [5, 5.41) is 40.2. The first-order valence-electron chi connectivity index (χ1n) is 23.0. The molecule has 0 aromatic heterocycles. The quantitative estimate of drug-likeness (QED) is 0.0841. The molecule has 0 bridgehead atoms. The number of aliphatic hydroxyl groups excluding tert-OH is 1. The molecule has 18 atom stereocenters. The lowest BCUT2D eigenvalue weighted by Gasteiger charge is -2.55. The van der Waals surface area contributed by atoms with Crippen molar-refractivity contribution in [2.75, 3.05) is 6.54 Å². The summed E-state index contributed by atoms with van der Waals surface area (Å²) in [6, 6.07) is -0.443. The van der Waals surface area contributed by atoms with E-state index in [1.165, 1.54) is 0 Å². The average molecular weight is 851 g/mol. The molecule has 0 aliphatic carbocycles. The lowest BCUT2D eigenvalue weighted by atomic mass is 9.72. The fraction of sp³-hybridized carbons (Fsp3) is 0.891. The van der Waals surface area contributed by atoms with Crippen LogP contribution in [0.3, 0.4) is 0 Å². The van der Waals surface area contributed by atoms with Crippen molar-refractivity contribution in [1.29, 1.82) is 0 Å². The molecule has 0 aromatic rings. The first-order chi connectivity index (χ1) is 27.7. The summed E-state index contributed by atoms with van der Waals surface area (Å²) < 4.78 is 34.7. The van der Waals surface area contributed by atoms with Crippen LogP contribution in [0.15, 0.2) is 12.2 Å². The molecule has 0 radical (unpaired) electrons. The molecular weight excluding hydrogens is 773 g/mol. The standard InChI is InChI=1S/C46H78N2O10S/c1-12-24-47-42(59)48-35-18-21-45(58-46(35)23-22-43(11,57-46)36-19-20-44(53,15-4)31(10)54-36)28(7)25-27(6)40(56-45)33(14-3)38(50)29(8)37(49)30(9)39-26(5)16-17-34(55-39)32(13-2)41(51)52/h18,21,26-37,39-40,49,53H,12-17,19-20,22-25H2,1-11H3,(H,51,52)(H2,47,48,59)/t26-,27-,28+,29-,30-,31-,32+,33?,34+,35+,36+,37+,39+,40-,43-,44+,45-,46-/m0/s1. The van der Waals surface area contributed by atoms with Gasteiger partial charge in [0.15, 0.2) is 16.7 Å². The van der Waals surface area contributed by atoms with E-state index in [1.807, 2.05) is 40.7 Å². The largest absolute Gasteiger partial charge is 0.481 e. The molecule has 2 spiro atoms. The number of carboxylic acid groups (broad SMARTS) is 1. The Morgan fingerprint density at radius 1 is 0.915 bits per heavy atom. The molecule has 5 aliphatic rings. The Kier molecular flexibility index (Phi) is 15.9. The van der Waals surface area contributed by atoms with Crippen molar-refractivity contribution in [3.05, 3.63) is 12.2 Å². The van der Waals surface area contributed by atoms with Crippen molar-refractivity contribution >= 4 is 29.1 Å². The molecule has 5 rings (SSSR count). The van der Waals surface area contributed by atoms with Gasteiger partial charge in [-0.1, -0.05) is 68.4 Å². The number of hydrogen-bond donors (Lipinski definition) is 5. The molecule has 5 aliphatic heterocycles. The predicted molar refractivity (Wildman–Crippen MR) is 230 cm³/mol. The van der Waals surface area contributed by atoms with Gasteiger partial charge in [0.25, 0.3) is 0 Å². The van der Waals surface area contributed by atoms with Gasteiger partial charge in [0.1, 0.15) is 11.8 Å². The minimum Gasteiger partial charge on any atom is -0.481 e. The van der Waals surface area contributed by atoms with Gasteiger partial charge in [-0.15, -0.1) is 0 Å². The van der Waals surface area contributed by atoms with E-state index in [1.54, 1.807) is 6.92 Å². The van der Waals surface area contributed by atoms with E-state index < -0.39 is 70.9 Å². The Labute approximate surface area is 359 Å². The van der Waals surface area contributed by atoms with Crippen LogP contribution >= 0.6 is 12.2 Å². The summed E-state index contributed by atoms with van der Waals surface area (Å²) in [7, 11) is 0. The molecule has 0 aromatic carbocycles. The molecule has 0 saturated carbocycles. The summed E-state index contributed by atoms with van der Waals surface area (Å²) in [6.07, 6.45) is 8.33. The minimum absolute atomic E-state index is 0.0227. The molecule has 0 amide bonds. The van der Waals surface area contributed by atoms with Crippen LogP contribution in [0.25, 0.3) is 0 Å². The number of carbonyl (C=O) groups is 2. The molecule has 5 heterocycles. The normalized spacial score (nSPS) is 42.5. The van der Waals surface area contributed by atoms with Crippen LogP contribution in [0.2, 0.25) is 0 Å². The number of thiocarbonyl (C=S) groups is 1. The van der Waals surface area contributed by atoms with Gasteiger partial charge >= 0.3 is 5.97 Å². The van der Waals surface area contributed by atoms with Crippen molar-refractivity contribution in [2.45, 2.75) is 212 Å². The van der Waals surface area contributed by atoms with Crippen molar-refractivity contribution in [3.8, 4) is 0 Å². The summed E-state index contributed by atoms with van der Waals surface area (Å²) in [4.78, 5) is 26.7. The number of aliphatic carboxylic acids is 1. The van der Waals surface area contributed by atoms with Gasteiger partial charge in [0.2, 0.25) is 0 Å². The highest BCUT2D eigenvalue weighted by Gasteiger charge is 2.63. The maximum absolute atomic E-state index is 14.6. The van der Waals surface area contributed by atoms with Gasteiger partial charge < -0.3 is 49.6 Å². The third kappa shape index (κ3) is 9.77. The van der Waals surface area contributed by atoms with Gasteiger partial charge in [0, 0.05) is 36.6 Å². The number of nitrogens with one attached hydrogen (secondary N) is 2. The van der Waals surface area contributed by atoms with E-state index in [9.17, 15) is 24.9 Å². The van der Waals surface area contributed by atoms with E-state index in [0.717, 1.165) is 25.8 Å². The zero-order valence-corrected chi connectivity index (χ0v) is 38.6. The number of carbonyl (C=O) groups excluding carboxylic acids is 1. The lowest BCUT2D eigenvalue weighted by molar-refractivity contribution is -0.397. The first-order valence-corrected chi connectivity index (χ1v) is 23.4. The molecular formula is C46H78N2O10S. The van der Waals surface area contributed by atoms with Crippen molar-refractivity contribution < 1.29 is 48.6 Å². The molecule has 12 nitrogen and oxygen atoms in total. The van der Waals surface area contributed by atoms with Crippen LogP contribution in [-0.2, 0) is 33.3 Å². The highest BCUT2D eigenvalue weighted by atomic mass is 32.1. The van der Waals surface area contributed by atoms with Gasteiger partial charge in [-0.05, 0) is 108 Å². The summed E-state index contributed by atoms with van der Waals surface area (Å²) >= 11 is 5.74. The van der Waals surface area contributed by atoms with Gasteiger partial charge in [-0.2, -0.15) is 0 Å². The Hall–Kier alpha value is -1.71. The summed E-state index contributed by atoms with van der Waals surface area (Å²) in [5.74, 6) is -5.48. The Morgan fingerprint density at radius 2 is 1.61 bits per heavy atom. The van der Waals surface area contributed by atoms with Gasteiger partial charge in [0.05, 0.1) is 53.7 Å². The molecule has 5 N–H and O–H groups in total. The van der Waals surface area contributed by atoms with Crippen LogP contribution < -0.4 is 10.6 Å². The Morgan fingerprint density at radius 3 is 2.22 bits per heavy atom. The van der Waals surface area contributed by atoms with Crippen LogP contribution in [0.4, 0.5) is 0 Å². The first kappa shape index (κ1) is 48.3. The SMILES string of the molecule is CCCNC(=S)N[C@@H]1C=C[C@]2(O[C@H](C(CC)C(=O)[C@@H](C)[C@@H](O)[C@H](C)[C@@H]3O[C@@H]([C@@H](CC)C(=O)O)CC[C@@H]3C)[C@@H](C)C[C@H]2C)O[C@@]12CC[C@@](C)([C@H]1CC[C@](O)(CC)[C@H](C)O1)O2. The highest BCUT2D eigenvalue weighted by Crippen LogP contribution is 2.54. The smallest absolute Gasteiger partial charge is 0.309 e. The van der Waals surface area contributed by atoms with Crippen LogP contribution in [0.1, 0.15) is 147 Å². The zero-order chi connectivity index (χ0) is 43.7. The third-order valence-corrected chi connectivity index (χ3v) is 15.6. The maximum Gasteiger partial charge on any atom is 0.309 e. The number of Topliss-reactive ketones (excluding diaryl/α,β-unsaturated/α-hetero) is 1. The van der Waals surface area contributed by atoms with Crippen LogP contribution in [-0.4, -0.2) is 104 Å². The number of hydrogen-bond acceptors (Lipinski definition) is 10. The van der Waals surface area contributed by atoms with E-state index in [-0.39, 0.29) is 47.8 Å². The lowest BCUT2D eigenvalue weighted by Crippen LogP contribution is -2.66. The average Bonchev–Trinajstić information content (AvgIpc) is 3.54. The second-order valence-electron chi connectivity index (χ2n) is 19.3. The Bertz CT molecular complexity index is 1500. The number of ether oxygens (including phenoxy) is 5.